The van der Waals surface area contributed by atoms with E-state index in [4.69, 9.17) is 15.2 Å². The van der Waals surface area contributed by atoms with Crippen LogP contribution in [0.1, 0.15) is 71.4 Å². The summed E-state index contributed by atoms with van der Waals surface area (Å²) in [6.07, 6.45) is 1.38. The maximum atomic E-state index is 14.1. The Kier molecular flexibility index (Phi) is 12.4. The first-order valence-electron chi connectivity index (χ1n) is 13.5. The van der Waals surface area contributed by atoms with E-state index >= 15 is 0 Å². The lowest BCUT2D eigenvalue weighted by molar-refractivity contribution is -0.141. The van der Waals surface area contributed by atoms with E-state index in [9.17, 15) is 19.2 Å². The van der Waals surface area contributed by atoms with Crippen LogP contribution in [0.5, 0.6) is 5.75 Å². The summed E-state index contributed by atoms with van der Waals surface area (Å²) in [6, 6.07) is 13.7. The summed E-state index contributed by atoms with van der Waals surface area (Å²) in [5.74, 6) is -0.910. The minimum absolute atomic E-state index is 0.0424. The van der Waals surface area contributed by atoms with E-state index in [2.05, 4.69) is 10.6 Å². The Morgan fingerprint density at radius 2 is 1.62 bits per heavy atom. The number of nitrogens with zero attached hydrogens (tertiary/aromatic N) is 1. The first-order chi connectivity index (χ1) is 18.9. The first-order valence-corrected chi connectivity index (χ1v) is 13.5. The number of benzene rings is 2. The number of hydrogen-bond acceptors (Lipinski definition) is 6. The van der Waals surface area contributed by atoms with Crippen molar-refractivity contribution in [3.05, 3.63) is 60.2 Å². The van der Waals surface area contributed by atoms with Crippen LogP contribution in [-0.4, -0.2) is 54.0 Å². The van der Waals surface area contributed by atoms with Crippen molar-refractivity contribution in [1.82, 2.24) is 10.2 Å². The molecule has 0 aliphatic rings. The van der Waals surface area contributed by atoms with Crippen molar-refractivity contribution in [1.29, 1.82) is 0 Å². The highest BCUT2D eigenvalue weighted by Gasteiger charge is 2.36. The van der Waals surface area contributed by atoms with Gasteiger partial charge in [-0.15, -0.1) is 0 Å². The molecule has 218 valence electrons. The van der Waals surface area contributed by atoms with E-state index < -0.39 is 41.5 Å². The van der Waals surface area contributed by atoms with Crippen LogP contribution in [0.25, 0.3) is 0 Å². The van der Waals surface area contributed by atoms with Gasteiger partial charge in [0, 0.05) is 18.7 Å². The molecule has 2 unspecified atom stereocenters. The third kappa shape index (κ3) is 10.6. The normalized spacial score (nSPS) is 12.5. The number of primary amides is 1. The van der Waals surface area contributed by atoms with Crippen LogP contribution in [0, 0.1) is 0 Å². The number of rotatable bonds is 14. The number of alkyl carbamates (subject to hydrolysis) is 1. The van der Waals surface area contributed by atoms with Gasteiger partial charge >= 0.3 is 6.09 Å². The van der Waals surface area contributed by atoms with Gasteiger partial charge in [0.05, 0.1) is 7.11 Å². The smallest absolute Gasteiger partial charge is 0.408 e. The zero-order chi connectivity index (χ0) is 29.7. The van der Waals surface area contributed by atoms with Crippen molar-refractivity contribution in [2.24, 2.45) is 5.73 Å². The van der Waals surface area contributed by atoms with E-state index in [0.717, 1.165) is 12.8 Å². The lowest BCUT2D eigenvalue weighted by atomic mass is 10.0. The number of ether oxygens (including phenoxy) is 2. The molecule has 10 nitrogen and oxygen atoms in total. The number of carbonyl (C=O) groups excluding carboxylic acids is 4. The van der Waals surface area contributed by atoms with E-state index in [1.54, 1.807) is 76.4 Å². The van der Waals surface area contributed by atoms with Crippen molar-refractivity contribution < 1.29 is 28.7 Å². The second kappa shape index (κ2) is 15.5. The quantitative estimate of drug-likeness (QED) is 0.293. The van der Waals surface area contributed by atoms with E-state index in [-0.39, 0.29) is 19.4 Å². The Balaban J connectivity index is 2.48. The predicted molar refractivity (Wildman–Crippen MR) is 154 cm³/mol. The van der Waals surface area contributed by atoms with Gasteiger partial charge in [-0.05, 0) is 63.4 Å². The summed E-state index contributed by atoms with van der Waals surface area (Å²) < 4.78 is 10.6. The van der Waals surface area contributed by atoms with Gasteiger partial charge in [-0.25, -0.2) is 4.79 Å². The molecule has 4 N–H and O–H groups in total. The summed E-state index contributed by atoms with van der Waals surface area (Å²) in [7, 11) is 1.55. The van der Waals surface area contributed by atoms with Gasteiger partial charge in [-0.2, -0.15) is 0 Å². The molecule has 40 heavy (non-hydrogen) atoms. The van der Waals surface area contributed by atoms with Crippen LogP contribution >= 0.6 is 0 Å². The lowest BCUT2D eigenvalue weighted by Gasteiger charge is -2.34. The van der Waals surface area contributed by atoms with Crippen molar-refractivity contribution in [3.63, 3.8) is 0 Å². The van der Waals surface area contributed by atoms with Crippen LogP contribution in [0.3, 0.4) is 0 Å². The highest BCUT2D eigenvalue weighted by atomic mass is 16.6. The Labute approximate surface area is 236 Å². The van der Waals surface area contributed by atoms with Gasteiger partial charge in [0.15, 0.2) is 0 Å². The Bertz CT molecular complexity index is 1120. The molecule has 0 aliphatic carbocycles. The molecule has 0 bridgehead atoms. The molecular weight excluding hydrogens is 512 g/mol. The Morgan fingerprint density at radius 3 is 2.17 bits per heavy atom. The Morgan fingerprint density at radius 1 is 0.975 bits per heavy atom. The van der Waals surface area contributed by atoms with Gasteiger partial charge < -0.3 is 30.7 Å². The summed E-state index contributed by atoms with van der Waals surface area (Å²) in [4.78, 5) is 53.7. The molecular formula is C30H42N4O6. The monoisotopic (exact) mass is 554 g/mol. The van der Waals surface area contributed by atoms with Crippen molar-refractivity contribution >= 4 is 29.5 Å². The molecule has 0 heterocycles. The summed E-state index contributed by atoms with van der Waals surface area (Å²) >= 11 is 0. The van der Waals surface area contributed by atoms with E-state index in [1.165, 1.54) is 4.90 Å². The number of nitrogens with two attached hydrogens (primary N) is 1. The van der Waals surface area contributed by atoms with Crippen molar-refractivity contribution in [2.45, 2.75) is 77.5 Å². The fourth-order valence-corrected chi connectivity index (χ4v) is 4.09. The van der Waals surface area contributed by atoms with Crippen LogP contribution in [0.2, 0.25) is 0 Å². The predicted octanol–water partition coefficient (Wildman–Crippen LogP) is 4.55. The fraction of sp³-hybridized carbons (Fsp3) is 0.467. The van der Waals surface area contributed by atoms with Crippen LogP contribution in [-0.2, 0) is 19.1 Å². The minimum Gasteiger partial charge on any atom is -0.497 e. The van der Waals surface area contributed by atoms with Gasteiger partial charge in [-0.3, -0.25) is 14.4 Å². The van der Waals surface area contributed by atoms with Gasteiger partial charge in [-0.1, -0.05) is 50.1 Å². The summed E-state index contributed by atoms with van der Waals surface area (Å²) in [5.41, 5.74) is 5.71. The second-order valence-corrected chi connectivity index (χ2v) is 10.5. The van der Waals surface area contributed by atoms with Crippen LogP contribution < -0.4 is 21.1 Å². The molecule has 2 atom stereocenters. The largest absolute Gasteiger partial charge is 0.497 e. The van der Waals surface area contributed by atoms with Gasteiger partial charge in [0.2, 0.25) is 11.8 Å². The highest BCUT2D eigenvalue weighted by molar-refractivity contribution is 5.99. The molecule has 0 saturated carbocycles. The number of hydrogen-bond donors (Lipinski definition) is 3. The molecule has 4 amide bonds. The highest BCUT2D eigenvalue weighted by Crippen LogP contribution is 2.26. The lowest BCUT2D eigenvalue weighted by Crippen LogP contribution is -2.52. The van der Waals surface area contributed by atoms with Crippen LogP contribution in [0.15, 0.2) is 54.6 Å². The zero-order valence-electron chi connectivity index (χ0n) is 24.1. The molecule has 0 saturated heterocycles. The summed E-state index contributed by atoms with van der Waals surface area (Å²) in [6.45, 7) is 7.42. The van der Waals surface area contributed by atoms with Crippen LogP contribution in [0.4, 0.5) is 10.5 Å². The maximum absolute atomic E-state index is 14.1. The average Bonchev–Trinajstić information content (AvgIpc) is 2.90. The fourth-order valence-electron chi connectivity index (χ4n) is 4.09. The topological polar surface area (TPSA) is 140 Å². The number of methoxy groups -OCH3 is 1. The zero-order valence-corrected chi connectivity index (χ0v) is 24.1. The molecule has 0 radical (unpaired) electrons. The minimum atomic E-state index is -1.14. The van der Waals surface area contributed by atoms with E-state index in [0.29, 0.717) is 23.4 Å². The molecule has 0 aromatic heterocycles. The third-order valence-corrected chi connectivity index (χ3v) is 5.99. The van der Waals surface area contributed by atoms with Crippen molar-refractivity contribution in [2.75, 3.05) is 19.0 Å². The molecule has 10 heteroatoms. The number of nitrogens with one attached hydrogen (secondary N) is 2. The second-order valence-electron chi connectivity index (χ2n) is 10.5. The van der Waals surface area contributed by atoms with Gasteiger partial charge in [0.1, 0.15) is 23.4 Å². The first kappa shape index (κ1) is 32.1. The standard InChI is InChI=1S/C30H42N4O6/c1-6-7-11-20-34(28(37)24(18-19-25(31)35)33-29(38)40-30(2,3)4)26(21-12-9-8-10-13-21)27(36)32-22-14-16-23(39-5)17-15-22/h8-10,12-17,24,26H,6-7,11,18-20H2,1-5H3,(H2,31,35)(H,32,36)(H,33,38). The maximum Gasteiger partial charge on any atom is 0.408 e. The summed E-state index contributed by atoms with van der Waals surface area (Å²) in [5, 5.41) is 5.51. The number of unbranched alkanes of at least 4 members (excludes halogenated alkanes) is 2. The molecule has 0 aliphatic heterocycles. The molecule has 0 spiro atoms. The Hall–Kier alpha value is -4.08. The number of amides is 4. The number of anilines is 1. The average molecular weight is 555 g/mol. The van der Waals surface area contributed by atoms with Crippen molar-refractivity contribution in [3.8, 4) is 5.75 Å². The SMILES string of the molecule is CCCCCN(C(=O)C(CCC(N)=O)NC(=O)OC(C)(C)C)C(C(=O)Nc1ccc(OC)cc1)c1ccccc1. The third-order valence-electron chi connectivity index (χ3n) is 5.99. The molecule has 2 aromatic rings. The molecule has 0 fully saturated rings. The molecule has 2 rings (SSSR count). The van der Waals surface area contributed by atoms with E-state index in [1.807, 2.05) is 13.0 Å². The molecule has 2 aromatic carbocycles. The van der Waals surface area contributed by atoms with Gasteiger partial charge in [0.25, 0.3) is 5.91 Å². The number of carbonyl (C=O) groups is 4.